The van der Waals surface area contributed by atoms with E-state index in [9.17, 15) is 0 Å². The van der Waals surface area contributed by atoms with E-state index in [1.54, 1.807) is 5.56 Å². The molecule has 2 heteroatoms. The number of aryl methyl sites for hydroxylation is 2. The number of fused-ring (bicyclic) bond motifs is 1. The van der Waals surface area contributed by atoms with Crippen LogP contribution in [0.2, 0.25) is 0 Å². The number of nitrogens with zero attached hydrogens (tertiary/aromatic N) is 1. The van der Waals surface area contributed by atoms with Gasteiger partial charge in [-0.3, -0.25) is 0 Å². The van der Waals surface area contributed by atoms with E-state index >= 15 is 0 Å². The zero-order valence-electron chi connectivity index (χ0n) is 10.9. The van der Waals surface area contributed by atoms with Crippen LogP contribution in [0.15, 0.2) is 18.2 Å². The van der Waals surface area contributed by atoms with Crippen LogP contribution < -0.4 is 10.2 Å². The van der Waals surface area contributed by atoms with Gasteiger partial charge < -0.3 is 10.2 Å². The maximum atomic E-state index is 3.52. The lowest BCUT2D eigenvalue weighted by atomic mass is 9.95. The summed E-state index contributed by atoms with van der Waals surface area (Å²) in [5.74, 6) is 0.766. The van der Waals surface area contributed by atoms with Gasteiger partial charge in [0.2, 0.25) is 0 Å². The molecule has 2 aliphatic heterocycles. The lowest BCUT2D eigenvalue weighted by Crippen LogP contribution is -2.43. The minimum Gasteiger partial charge on any atom is -0.367 e. The lowest BCUT2D eigenvalue weighted by molar-refractivity contribution is 0.498. The van der Waals surface area contributed by atoms with E-state index < -0.39 is 0 Å². The molecule has 0 radical (unpaired) electrons. The molecule has 2 aliphatic rings. The Hall–Kier alpha value is -1.02. The van der Waals surface area contributed by atoms with Gasteiger partial charge in [-0.25, -0.2) is 0 Å². The van der Waals surface area contributed by atoms with Crippen molar-refractivity contribution in [1.82, 2.24) is 5.32 Å². The van der Waals surface area contributed by atoms with Crippen molar-refractivity contribution in [2.45, 2.75) is 32.7 Å². The minimum atomic E-state index is 0.691. The van der Waals surface area contributed by atoms with Crippen molar-refractivity contribution in [3.63, 3.8) is 0 Å². The molecule has 0 aromatic heterocycles. The van der Waals surface area contributed by atoms with Crippen LogP contribution in [0.3, 0.4) is 0 Å². The molecule has 1 aromatic carbocycles. The fraction of sp³-hybridized carbons (Fsp3) is 0.600. The summed E-state index contributed by atoms with van der Waals surface area (Å²) in [5, 5.41) is 3.52. The molecule has 0 bridgehead atoms. The second-order valence-electron chi connectivity index (χ2n) is 5.63. The number of anilines is 1. The predicted octanol–water partition coefficient (Wildman–Crippen LogP) is 2.36. The third-order valence-corrected chi connectivity index (χ3v) is 4.27. The van der Waals surface area contributed by atoms with E-state index in [1.165, 1.54) is 37.2 Å². The van der Waals surface area contributed by atoms with E-state index in [0.29, 0.717) is 6.04 Å². The highest BCUT2D eigenvalue weighted by molar-refractivity contribution is 5.57. The maximum absolute atomic E-state index is 3.52. The molecule has 92 valence electrons. The van der Waals surface area contributed by atoms with Gasteiger partial charge in [-0.2, -0.15) is 0 Å². The highest BCUT2D eigenvalue weighted by Gasteiger charge is 2.31. The van der Waals surface area contributed by atoms with Gasteiger partial charge in [0.05, 0.1) is 0 Å². The molecule has 2 heterocycles. The molecule has 0 saturated carbocycles. The summed E-state index contributed by atoms with van der Waals surface area (Å²) in [6.07, 6.45) is 2.56. The van der Waals surface area contributed by atoms with E-state index in [4.69, 9.17) is 0 Å². The highest BCUT2D eigenvalue weighted by Crippen LogP contribution is 2.32. The van der Waals surface area contributed by atoms with Crippen molar-refractivity contribution >= 4 is 5.69 Å². The Kier molecular flexibility index (Phi) is 2.83. The van der Waals surface area contributed by atoms with Crippen LogP contribution in [0.1, 0.15) is 24.5 Å². The molecule has 1 N–H and O–H groups in total. The van der Waals surface area contributed by atoms with Gasteiger partial charge in [0.25, 0.3) is 0 Å². The smallest absolute Gasteiger partial charge is 0.0452 e. The molecule has 0 aliphatic carbocycles. The Morgan fingerprint density at radius 2 is 2.18 bits per heavy atom. The van der Waals surface area contributed by atoms with E-state index in [2.05, 4.69) is 42.3 Å². The van der Waals surface area contributed by atoms with E-state index in [1.807, 2.05) is 0 Å². The van der Waals surface area contributed by atoms with Crippen LogP contribution in [0.25, 0.3) is 0 Å². The SMILES string of the molecule is Cc1ccc2c(c1)CCCN2C1CNCC1C. The van der Waals surface area contributed by atoms with Crippen LogP contribution in [0, 0.1) is 12.8 Å². The predicted molar refractivity (Wildman–Crippen MR) is 72.7 cm³/mol. The van der Waals surface area contributed by atoms with E-state index in [-0.39, 0.29) is 0 Å². The number of hydrogen-bond acceptors (Lipinski definition) is 2. The lowest BCUT2D eigenvalue weighted by Gasteiger charge is -2.38. The standard InChI is InChI=1S/C15H22N2/c1-11-5-6-14-13(8-11)4-3-7-17(14)15-10-16-9-12(15)2/h5-6,8,12,15-16H,3-4,7,9-10H2,1-2H3. The van der Waals surface area contributed by atoms with Gasteiger partial charge in [-0.05, 0) is 43.9 Å². The van der Waals surface area contributed by atoms with Gasteiger partial charge in [0, 0.05) is 24.8 Å². The van der Waals surface area contributed by atoms with E-state index in [0.717, 1.165) is 12.5 Å². The first-order chi connectivity index (χ1) is 8.25. The first-order valence-corrected chi connectivity index (χ1v) is 6.82. The largest absolute Gasteiger partial charge is 0.367 e. The first kappa shape index (κ1) is 11.1. The fourth-order valence-electron chi connectivity index (χ4n) is 3.31. The molecular weight excluding hydrogens is 208 g/mol. The molecule has 2 atom stereocenters. The monoisotopic (exact) mass is 230 g/mol. The van der Waals surface area contributed by atoms with Crippen molar-refractivity contribution in [1.29, 1.82) is 0 Å². The summed E-state index contributed by atoms with van der Waals surface area (Å²) < 4.78 is 0. The Labute approximate surface area is 104 Å². The van der Waals surface area contributed by atoms with Crippen LogP contribution >= 0.6 is 0 Å². The normalized spacial score (nSPS) is 28.2. The second-order valence-corrected chi connectivity index (χ2v) is 5.63. The summed E-state index contributed by atoms with van der Waals surface area (Å²) in [7, 11) is 0. The third kappa shape index (κ3) is 1.95. The van der Waals surface area contributed by atoms with Crippen molar-refractivity contribution < 1.29 is 0 Å². The van der Waals surface area contributed by atoms with Gasteiger partial charge >= 0.3 is 0 Å². The van der Waals surface area contributed by atoms with Crippen LogP contribution in [0.5, 0.6) is 0 Å². The summed E-state index contributed by atoms with van der Waals surface area (Å²) in [4.78, 5) is 2.64. The van der Waals surface area contributed by atoms with Gasteiger partial charge in [0.1, 0.15) is 0 Å². The van der Waals surface area contributed by atoms with Crippen LogP contribution in [0.4, 0.5) is 5.69 Å². The summed E-state index contributed by atoms with van der Waals surface area (Å²) in [5.41, 5.74) is 4.43. The molecular formula is C15H22N2. The third-order valence-electron chi connectivity index (χ3n) is 4.27. The van der Waals surface area contributed by atoms with Crippen molar-refractivity contribution in [2.75, 3.05) is 24.5 Å². The van der Waals surface area contributed by atoms with Crippen molar-refractivity contribution in [3.05, 3.63) is 29.3 Å². The fourth-order valence-corrected chi connectivity index (χ4v) is 3.31. The molecule has 3 rings (SSSR count). The molecule has 2 unspecified atom stereocenters. The molecule has 0 amide bonds. The highest BCUT2D eigenvalue weighted by atomic mass is 15.2. The number of nitrogens with one attached hydrogen (secondary N) is 1. The average Bonchev–Trinajstić information content (AvgIpc) is 2.74. The zero-order valence-corrected chi connectivity index (χ0v) is 10.9. The summed E-state index contributed by atoms with van der Waals surface area (Å²) in [6.45, 7) is 8.11. The minimum absolute atomic E-state index is 0.691. The summed E-state index contributed by atoms with van der Waals surface area (Å²) in [6, 6.07) is 7.64. The second kappa shape index (κ2) is 4.34. The topological polar surface area (TPSA) is 15.3 Å². The van der Waals surface area contributed by atoms with Crippen LogP contribution in [-0.2, 0) is 6.42 Å². The molecule has 0 spiro atoms. The molecule has 1 aromatic rings. The van der Waals surface area contributed by atoms with Crippen LogP contribution in [-0.4, -0.2) is 25.7 Å². The Morgan fingerprint density at radius 3 is 2.94 bits per heavy atom. The summed E-state index contributed by atoms with van der Waals surface area (Å²) >= 11 is 0. The maximum Gasteiger partial charge on any atom is 0.0452 e. The molecule has 1 saturated heterocycles. The number of benzene rings is 1. The number of hydrogen-bond donors (Lipinski definition) is 1. The quantitative estimate of drug-likeness (QED) is 0.796. The first-order valence-electron chi connectivity index (χ1n) is 6.82. The molecule has 1 fully saturated rings. The van der Waals surface area contributed by atoms with Gasteiger partial charge in [-0.1, -0.05) is 24.6 Å². The van der Waals surface area contributed by atoms with Crippen molar-refractivity contribution in [2.24, 2.45) is 5.92 Å². The Balaban J connectivity index is 1.93. The zero-order chi connectivity index (χ0) is 11.8. The van der Waals surface area contributed by atoms with Gasteiger partial charge in [0.15, 0.2) is 0 Å². The molecule has 17 heavy (non-hydrogen) atoms. The average molecular weight is 230 g/mol. The number of rotatable bonds is 1. The Morgan fingerprint density at radius 1 is 1.29 bits per heavy atom. The van der Waals surface area contributed by atoms with Gasteiger partial charge in [-0.15, -0.1) is 0 Å². The van der Waals surface area contributed by atoms with Crippen molar-refractivity contribution in [3.8, 4) is 0 Å². The Bertz CT molecular complexity index is 413. The molecule has 2 nitrogen and oxygen atoms in total.